The second kappa shape index (κ2) is 5.68. The number of hydrogen-bond donors (Lipinski definition) is 2. The number of fused-ring (bicyclic) bond motifs is 1. The Kier molecular flexibility index (Phi) is 3.87. The van der Waals surface area contributed by atoms with Crippen LogP contribution in [0.3, 0.4) is 0 Å². The van der Waals surface area contributed by atoms with Crippen LogP contribution >= 0.6 is 0 Å². The van der Waals surface area contributed by atoms with E-state index in [9.17, 15) is 4.79 Å². The second-order valence-electron chi connectivity index (χ2n) is 6.24. The maximum absolute atomic E-state index is 12.7. The van der Waals surface area contributed by atoms with Gasteiger partial charge >= 0.3 is 0 Å². The van der Waals surface area contributed by atoms with Gasteiger partial charge in [-0.25, -0.2) is 9.50 Å². The first-order valence-corrected chi connectivity index (χ1v) is 7.85. The minimum absolute atomic E-state index is 0.0876. The molecule has 0 aliphatic heterocycles. The van der Waals surface area contributed by atoms with Crippen molar-refractivity contribution in [2.45, 2.75) is 46.1 Å². The molecule has 3 N–H and O–H groups in total. The van der Waals surface area contributed by atoms with Gasteiger partial charge in [-0.1, -0.05) is 6.42 Å². The third-order valence-electron chi connectivity index (χ3n) is 4.58. The van der Waals surface area contributed by atoms with Gasteiger partial charge in [0, 0.05) is 17.4 Å². The van der Waals surface area contributed by atoms with Crippen molar-refractivity contribution >= 4 is 11.6 Å². The molecule has 22 heavy (non-hydrogen) atoms. The zero-order chi connectivity index (χ0) is 15.9. The van der Waals surface area contributed by atoms with Crippen molar-refractivity contribution in [3.63, 3.8) is 0 Å². The minimum Gasteiger partial charge on any atom is -0.349 e. The van der Waals surface area contributed by atoms with Crippen molar-refractivity contribution in [2.75, 3.05) is 6.54 Å². The van der Waals surface area contributed by atoms with Gasteiger partial charge in [0.1, 0.15) is 5.56 Å². The van der Waals surface area contributed by atoms with E-state index in [2.05, 4.69) is 15.4 Å². The molecule has 0 bridgehead atoms. The average molecular weight is 301 g/mol. The molecule has 0 radical (unpaired) electrons. The lowest BCUT2D eigenvalue weighted by molar-refractivity contribution is 0.0929. The van der Waals surface area contributed by atoms with Crippen LogP contribution in [0.15, 0.2) is 6.07 Å². The summed E-state index contributed by atoms with van der Waals surface area (Å²) in [5.41, 5.74) is 9.59. The highest BCUT2D eigenvalue weighted by atomic mass is 16.1. The van der Waals surface area contributed by atoms with E-state index in [1.807, 2.05) is 26.8 Å². The molecule has 2 atom stereocenters. The van der Waals surface area contributed by atoms with Gasteiger partial charge in [0.15, 0.2) is 5.65 Å². The number of aryl methyl sites for hydroxylation is 3. The van der Waals surface area contributed by atoms with Crippen molar-refractivity contribution in [1.29, 1.82) is 0 Å². The molecule has 2 aromatic heterocycles. The molecule has 0 aromatic carbocycles. The van der Waals surface area contributed by atoms with E-state index in [0.29, 0.717) is 29.4 Å². The van der Waals surface area contributed by atoms with Gasteiger partial charge in [-0.15, -0.1) is 0 Å². The predicted octanol–water partition coefficient (Wildman–Crippen LogP) is 1.51. The molecule has 0 unspecified atom stereocenters. The first kappa shape index (κ1) is 15.0. The van der Waals surface area contributed by atoms with Crippen molar-refractivity contribution < 1.29 is 4.79 Å². The van der Waals surface area contributed by atoms with Crippen LogP contribution in [0, 0.1) is 26.7 Å². The molecule has 0 spiro atoms. The largest absolute Gasteiger partial charge is 0.349 e. The lowest BCUT2D eigenvalue weighted by Gasteiger charge is -2.19. The Morgan fingerprint density at radius 3 is 2.91 bits per heavy atom. The van der Waals surface area contributed by atoms with Gasteiger partial charge in [-0.3, -0.25) is 4.79 Å². The summed E-state index contributed by atoms with van der Waals surface area (Å²) < 4.78 is 1.74. The molecule has 118 valence electrons. The smallest absolute Gasteiger partial charge is 0.257 e. The van der Waals surface area contributed by atoms with Crippen LogP contribution in [0.1, 0.15) is 46.7 Å². The van der Waals surface area contributed by atoms with Crippen LogP contribution in [0.5, 0.6) is 0 Å². The highest BCUT2D eigenvalue weighted by Gasteiger charge is 2.29. The fourth-order valence-electron chi connectivity index (χ4n) is 3.44. The normalized spacial score (nSPS) is 21.5. The second-order valence-corrected chi connectivity index (χ2v) is 6.24. The number of rotatable bonds is 3. The number of hydrogen-bond acceptors (Lipinski definition) is 4. The van der Waals surface area contributed by atoms with Crippen LogP contribution in [0.25, 0.3) is 5.65 Å². The molecule has 6 nitrogen and oxygen atoms in total. The van der Waals surface area contributed by atoms with E-state index >= 15 is 0 Å². The van der Waals surface area contributed by atoms with Crippen LogP contribution in [0.2, 0.25) is 0 Å². The molecule has 1 fully saturated rings. The lowest BCUT2D eigenvalue weighted by Crippen LogP contribution is -2.40. The van der Waals surface area contributed by atoms with Crippen molar-refractivity contribution in [3.05, 3.63) is 28.7 Å². The van der Waals surface area contributed by atoms with Gasteiger partial charge < -0.3 is 11.1 Å². The number of carbonyl (C=O) groups is 1. The summed E-state index contributed by atoms with van der Waals surface area (Å²) in [5, 5.41) is 7.60. The minimum atomic E-state index is -0.0876. The Labute approximate surface area is 130 Å². The van der Waals surface area contributed by atoms with Gasteiger partial charge in [0.05, 0.1) is 5.69 Å². The van der Waals surface area contributed by atoms with E-state index < -0.39 is 0 Å². The molecule has 3 rings (SSSR count). The van der Waals surface area contributed by atoms with Crippen LogP contribution in [0.4, 0.5) is 0 Å². The Bertz CT molecular complexity index is 721. The molecular formula is C16H23N5O. The van der Waals surface area contributed by atoms with Gasteiger partial charge in [0.25, 0.3) is 5.91 Å². The lowest BCUT2D eigenvalue weighted by atomic mass is 10.0. The number of carbonyl (C=O) groups excluding carboxylic acids is 1. The highest BCUT2D eigenvalue weighted by molar-refractivity contribution is 6.01. The van der Waals surface area contributed by atoms with E-state index in [4.69, 9.17) is 5.73 Å². The van der Waals surface area contributed by atoms with E-state index in [1.54, 1.807) is 4.52 Å². The van der Waals surface area contributed by atoms with Crippen LogP contribution in [-0.2, 0) is 0 Å². The van der Waals surface area contributed by atoms with Crippen LogP contribution < -0.4 is 11.1 Å². The number of aromatic nitrogens is 3. The maximum atomic E-state index is 12.7. The SMILES string of the molecule is Cc1cc(C)n2nc(C)c(C(=O)N[C@H]3CCC[C@@H]3CN)c2n1. The van der Waals surface area contributed by atoms with E-state index in [-0.39, 0.29) is 11.9 Å². The highest BCUT2D eigenvalue weighted by Crippen LogP contribution is 2.25. The Balaban J connectivity index is 1.95. The van der Waals surface area contributed by atoms with Crippen molar-refractivity contribution in [2.24, 2.45) is 11.7 Å². The molecule has 1 aliphatic carbocycles. The summed E-state index contributed by atoms with van der Waals surface area (Å²) >= 11 is 0. The molecule has 2 heterocycles. The molecule has 1 saturated carbocycles. The molecular weight excluding hydrogens is 278 g/mol. The van der Waals surface area contributed by atoms with Gasteiger partial charge in [-0.05, 0) is 52.1 Å². The first-order chi connectivity index (χ1) is 10.5. The first-order valence-electron chi connectivity index (χ1n) is 7.85. The van der Waals surface area contributed by atoms with Crippen LogP contribution in [-0.4, -0.2) is 33.1 Å². The number of nitrogens with one attached hydrogen (secondary N) is 1. The maximum Gasteiger partial charge on any atom is 0.257 e. The molecule has 1 amide bonds. The van der Waals surface area contributed by atoms with E-state index in [0.717, 1.165) is 30.7 Å². The zero-order valence-electron chi connectivity index (χ0n) is 13.4. The quantitative estimate of drug-likeness (QED) is 0.900. The Hall–Kier alpha value is -1.95. The predicted molar refractivity (Wildman–Crippen MR) is 84.8 cm³/mol. The van der Waals surface area contributed by atoms with Crippen molar-refractivity contribution in [3.8, 4) is 0 Å². The van der Waals surface area contributed by atoms with E-state index in [1.165, 1.54) is 0 Å². The van der Waals surface area contributed by atoms with Crippen molar-refractivity contribution in [1.82, 2.24) is 19.9 Å². The summed E-state index contributed by atoms with van der Waals surface area (Å²) in [5.74, 6) is 0.290. The summed E-state index contributed by atoms with van der Waals surface area (Å²) in [4.78, 5) is 17.2. The fourth-order valence-corrected chi connectivity index (χ4v) is 3.44. The summed E-state index contributed by atoms with van der Waals surface area (Å²) in [7, 11) is 0. The standard InChI is InChI=1S/C16H23N5O/c1-9-7-10(2)21-15(18-9)14(11(3)20-21)16(22)19-13-6-4-5-12(13)8-17/h7,12-13H,4-6,8,17H2,1-3H3,(H,19,22)/t12-,13+/m1/s1. The Morgan fingerprint density at radius 1 is 1.41 bits per heavy atom. The summed E-state index contributed by atoms with van der Waals surface area (Å²) in [6.45, 7) is 6.37. The zero-order valence-corrected chi connectivity index (χ0v) is 13.4. The Morgan fingerprint density at radius 2 is 2.18 bits per heavy atom. The third kappa shape index (κ3) is 2.47. The number of nitrogens with zero attached hydrogens (tertiary/aromatic N) is 3. The number of nitrogens with two attached hydrogens (primary N) is 1. The fraction of sp³-hybridized carbons (Fsp3) is 0.562. The molecule has 1 aliphatic rings. The molecule has 6 heteroatoms. The van der Waals surface area contributed by atoms with Gasteiger partial charge in [0.2, 0.25) is 0 Å². The average Bonchev–Trinajstić information content (AvgIpc) is 3.02. The third-order valence-corrected chi connectivity index (χ3v) is 4.58. The monoisotopic (exact) mass is 301 g/mol. The molecule has 2 aromatic rings. The summed E-state index contributed by atoms with van der Waals surface area (Å²) in [6.07, 6.45) is 3.21. The van der Waals surface area contributed by atoms with Gasteiger partial charge in [-0.2, -0.15) is 5.10 Å². The summed E-state index contributed by atoms with van der Waals surface area (Å²) in [6, 6.07) is 2.13. The topological polar surface area (TPSA) is 85.3 Å². The number of amides is 1. The molecule has 0 saturated heterocycles.